The van der Waals surface area contributed by atoms with E-state index in [0.29, 0.717) is 12.4 Å². The first-order chi connectivity index (χ1) is 17.5. The molecule has 184 valence electrons. The van der Waals surface area contributed by atoms with Crippen molar-refractivity contribution < 1.29 is 14.6 Å². The van der Waals surface area contributed by atoms with E-state index >= 15 is 0 Å². The standard InChI is InChI=1S/C28H29N5O3/c1-17-14-30-27-22(17)12-20(15-31-27)19-10-18-6-9-32(21-5-7-29-26(13-21)36-2)16-24(18)23(11-19)25-4-3-8-33(25)28(34)35/h5,7,10-15,25H,3-4,6,8-9,16H2,1-2H3,(H,30,31)(H,34,35)/t25-/m0/s1. The van der Waals surface area contributed by atoms with E-state index in [1.807, 2.05) is 24.5 Å². The molecule has 0 radical (unpaired) electrons. The number of hydrogen-bond donors (Lipinski definition) is 2. The number of carboxylic acid groups (broad SMARTS) is 1. The van der Waals surface area contributed by atoms with Crippen molar-refractivity contribution in [2.45, 2.75) is 38.8 Å². The highest BCUT2D eigenvalue weighted by atomic mass is 16.5. The Labute approximate surface area is 209 Å². The first-order valence-electron chi connectivity index (χ1n) is 12.4. The summed E-state index contributed by atoms with van der Waals surface area (Å²) in [5, 5.41) is 11.0. The lowest BCUT2D eigenvalue weighted by Crippen LogP contribution is -2.34. The minimum atomic E-state index is -0.853. The molecule has 0 saturated carbocycles. The number of fused-ring (bicyclic) bond motifs is 2. The van der Waals surface area contributed by atoms with Gasteiger partial charge in [0.2, 0.25) is 5.88 Å². The summed E-state index contributed by atoms with van der Waals surface area (Å²) in [6.07, 6.45) is 7.38. The summed E-state index contributed by atoms with van der Waals surface area (Å²) < 4.78 is 5.34. The Kier molecular flexibility index (Phi) is 5.51. The zero-order chi connectivity index (χ0) is 24.8. The van der Waals surface area contributed by atoms with Crippen LogP contribution in [-0.2, 0) is 13.0 Å². The van der Waals surface area contributed by atoms with Crippen LogP contribution in [-0.4, -0.2) is 51.3 Å². The van der Waals surface area contributed by atoms with Crippen molar-refractivity contribution in [3.63, 3.8) is 0 Å². The van der Waals surface area contributed by atoms with E-state index in [1.165, 1.54) is 11.1 Å². The first kappa shape index (κ1) is 22.4. The molecule has 5 heterocycles. The molecule has 4 aromatic rings. The van der Waals surface area contributed by atoms with Gasteiger partial charge in [-0.15, -0.1) is 0 Å². The normalized spacial score (nSPS) is 17.4. The van der Waals surface area contributed by atoms with Crippen molar-refractivity contribution in [2.75, 3.05) is 25.1 Å². The number of aromatic nitrogens is 3. The van der Waals surface area contributed by atoms with Gasteiger partial charge in [-0.3, -0.25) is 0 Å². The monoisotopic (exact) mass is 483 g/mol. The zero-order valence-corrected chi connectivity index (χ0v) is 20.5. The van der Waals surface area contributed by atoms with Crippen molar-refractivity contribution in [1.82, 2.24) is 19.9 Å². The highest BCUT2D eigenvalue weighted by Gasteiger charge is 2.33. The Bertz CT molecular complexity index is 1460. The molecule has 8 heteroatoms. The van der Waals surface area contributed by atoms with Crippen molar-refractivity contribution in [3.8, 4) is 17.0 Å². The van der Waals surface area contributed by atoms with Gasteiger partial charge < -0.3 is 24.6 Å². The van der Waals surface area contributed by atoms with E-state index < -0.39 is 6.09 Å². The summed E-state index contributed by atoms with van der Waals surface area (Å²) in [5.41, 5.74) is 8.86. The van der Waals surface area contributed by atoms with Crippen LogP contribution in [0.25, 0.3) is 22.2 Å². The van der Waals surface area contributed by atoms with E-state index in [9.17, 15) is 9.90 Å². The summed E-state index contributed by atoms with van der Waals surface area (Å²) in [6.45, 7) is 4.23. The number of anilines is 1. The molecule has 0 bridgehead atoms. The summed E-state index contributed by atoms with van der Waals surface area (Å²) >= 11 is 0. The second-order valence-corrected chi connectivity index (χ2v) is 9.66. The highest BCUT2D eigenvalue weighted by molar-refractivity contribution is 5.84. The molecule has 6 rings (SSSR count). The third-order valence-electron chi connectivity index (χ3n) is 7.60. The van der Waals surface area contributed by atoms with Gasteiger partial charge in [-0.05, 0) is 72.2 Å². The Morgan fingerprint density at radius 3 is 2.89 bits per heavy atom. The number of amides is 1. The molecule has 1 aromatic carbocycles. The van der Waals surface area contributed by atoms with Crippen LogP contribution in [0.2, 0.25) is 0 Å². The molecule has 36 heavy (non-hydrogen) atoms. The fourth-order valence-corrected chi connectivity index (χ4v) is 5.70. The number of aromatic amines is 1. The lowest BCUT2D eigenvalue weighted by Gasteiger charge is -2.35. The summed E-state index contributed by atoms with van der Waals surface area (Å²) in [4.78, 5) is 28.1. The van der Waals surface area contributed by atoms with Gasteiger partial charge in [-0.2, -0.15) is 0 Å². The van der Waals surface area contributed by atoms with E-state index in [0.717, 1.165) is 71.3 Å². The van der Waals surface area contributed by atoms with E-state index in [1.54, 1.807) is 18.2 Å². The molecule has 1 atom stereocenters. The lowest BCUT2D eigenvalue weighted by atomic mass is 9.86. The van der Waals surface area contributed by atoms with Crippen LogP contribution in [0.1, 0.15) is 41.1 Å². The number of ether oxygens (including phenoxy) is 1. The van der Waals surface area contributed by atoms with Gasteiger partial charge in [-0.25, -0.2) is 14.8 Å². The molecule has 1 amide bonds. The third-order valence-corrected chi connectivity index (χ3v) is 7.60. The average Bonchev–Trinajstić information content (AvgIpc) is 3.55. The van der Waals surface area contributed by atoms with E-state index in [4.69, 9.17) is 4.74 Å². The number of likely N-dealkylation sites (tertiary alicyclic amines) is 1. The minimum Gasteiger partial charge on any atom is -0.481 e. The quantitative estimate of drug-likeness (QED) is 0.408. The van der Waals surface area contributed by atoms with Crippen molar-refractivity contribution >= 4 is 22.8 Å². The van der Waals surface area contributed by atoms with Gasteiger partial charge in [-0.1, -0.05) is 6.07 Å². The molecular formula is C28H29N5O3. The number of H-pyrrole nitrogens is 1. The predicted molar refractivity (Wildman–Crippen MR) is 139 cm³/mol. The Morgan fingerprint density at radius 1 is 1.17 bits per heavy atom. The minimum absolute atomic E-state index is 0.145. The van der Waals surface area contributed by atoms with Gasteiger partial charge in [0.25, 0.3) is 0 Å². The van der Waals surface area contributed by atoms with Gasteiger partial charge >= 0.3 is 6.09 Å². The van der Waals surface area contributed by atoms with Crippen LogP contribution < -0.4 is 9.64 Å². The second kappa shape index (κ2) is 8.86. The van der Waals surface area contributed by atoms with Crippen molar-refractivity contribution in [2.24, 2.45) is 0 Å². The number of rotatable bonds is 4. The topological polar surface area (TPSA) is 94.6 Å². The number of pyridine rings is 2. The van der Waals surface area contributed by atoms with Crippen molar-refractivity contribution in [1.29, 1.82) is 0 Å². The lowest BCUT2D eigenvalue weighted by molar-refractivity contribution is 0.140. The number of hydrogen-bond acceptors (Lipinski definition) is 5. The molecule has 1 saturated heterocycles. The molecule has 2 N–H and O–H groups in total. The van der Waals surface area contributed by atoms with Crippen LogP contribution >= 0.6 is 0 Å². The van der Waals surface area contributed by atoms with Crippen LogP contribution in [0.3, 0.4) is 0 Å². The summed E-state index contributed by atoms with van der Waals surface area (Å²) in [5.74, 6) is 0.588. The number of nitrogens with one attached hydrogen (secondary N) is 1. The number of benzene rings is 1. The van der Waals surface area contributed by atoms with Gasteiger partial charge in [0.05, 0.1) is 13.2 Å². The van der Waals surface area contributed by atoms with Crippen LogP contribution in [0.4, 0.5) is 10.5 Å². The van der Waals surface area contributed by atoms with Crippen LogP contribution in [0.5, 0.6) is 5.88 Å². The van der Waals surface area contributed by atoms with Gasteiger partial charge in [0.15, 0.2) is 0 Å². The molecule has 0 aliphatic carbocycles. The maximum Gasteiger partial charge on any atom is 0.407 e. The van der Waals surface area contributed by atoms with Gasteiger partial charge in [0.1, 0.15) is 5.65 Å². The van der Waals surface area contributed by atoms with Crippen LogP contribution in [0.15, 0.2) is 48.9 Å². The fourth-order valence-electron chi connectivity index (χ4n) is 5.70. The first-order valence-corrected chi connectivity index (χ1v) is 12.4. The van der Waals surface area contributed by atoms with Crippen LogP contribution in [0, 0.1) is 6.92 Å². The number of carbonyl (C=O) groups is 1. The molecular weight excluding hydrogens is 454 g/mol. The maximum absolute atomic E-state index is 12.1. The Balaban J connectivity index is 1.46. The Hall–Kier alpha value is -4.07. The van der Waals surface area contributed by atoms with E-state index in [-0.39, 0.29) is 6.04 Å². The maximum atomic E-state index is 12.1. The molecule has 2 aliphatic heterocycles. The molecule has 1 fully saturated rings. The summed E-state index contributed by atoms with van der Waals surface area (Å²) in [6, 6.07) is 10.5. The van der Waals surface area contributed by atoms with Crippen molar-refractivity contribution in [3.05, 3.63) is 71.2 Å². The predicted octanol–water partition coefficient (Wildman–Crippen LogP) is 5.32. The zero-order valence-electron chi connectivity index (χ0n) is 20.5. The smallest absolute Gasteiger partial charge is 0.407 e. The molecule has 8 nitrogen and oxygen atoms in total. The number of nitrogens with zero attached hydrogens (tertiary/aromatic N) is 4. The average molecular weight is 484 g/mol. The largest absolute Gasteiger partial charge is 0.481 e. The molecule has 0 spiro atoms. The highest BCUT2D eigenvalue weighted by Crippen LogP contribution is 2.40. The van der Waals surface area contributed by atoms with E-state index in [2.05, 4.69) is 45.0 Å². The fraction of sp³-hybridized carbons (Fsp3) is 0.321. The molecule has 0 unspecified atom stereocenters. The number of aryl methyl sites for hydroxylation is 1. The second-order valence-electron chi connectivity index (χ2n) is 9.66. The van der Waals surface area contributed by atoms with Gasteiger partial charge in [0, 0.05) is 60.9 Å². The molecule has 2 aliphatic rings. The summed E-state index contributed by atoms with van der Waals surface area (Å²) in [7, 11) is 1.62. The molecule has 3 aromatic heterocycles. The SMILES string of the molecule is COc1cc(N2CCc3cc(-c4cnc5[nH]cc(C)c5c4)cc([C@@H]4CCCN4C(=O)O)c3C2)ccn1. The number of methoxy groups -OCH3 is 1. The Morgan fingerprint density at radius 2 is 2.06 bits per heavy atom. The third kappa shape index (κ3) is 3.82.